The molecule has 0 bridgehead atoms. The summed E-state index contributed by atoms with van der Waals surface area (Å²) in [5.41, 5.74) is 7.38. The van der Waals surface area contributed by atoms with Gasteiger partial charge in [-0.25, -0.2) is 0 Å². The monoisotopic (exact) mass is 206 g/mol. The Morgan fingerprint density at radius 2 is 1.81 bits per heavy atom. The normalized spacial score (nSPS) is 9.19. The van der Waals surface area contributed by atoms with Gasteiger partial charge in [0.15, 0.2) is 0 Å². The predicted octanol–water partition coefficient (Wildman–Crippen LogP) is 2.69. The number of benzene rings is 2. The van der Waals surface area contributed by atoms with Crippen LogP contribution in [0.1, 0.15) is 12.0 Å². The number of nitriles is 1. The SMILES string of the molecule is N#CCC#Cc1ccc2cc(N)ccc2c1. The van der Waals surface area contributed by atoms with Crippen LogP contribution in [0.2, 0.25) is 0 Å². The molecular weight excluding hydrogens is 196 g/mol. The molecule has 0 unspecified atom stereocenters. The number of rotatable bonds is 0. The van der Waals surface area contributed by atoms with Crippen molar-refractivity contribution < 1.29 is 0 Å². The number of fused-ring (bicyclic) bond motifs is 1. The second kappa shape index (κ2) is 4.38. The topological polar surface area (TPSA) is 49.8 Å². The fourth-order valence-electron chi connectivity index (χ4n) is 1.53. The van der Waals surface area contributed by atoms with Gasteiger partial charge in [-0.05, 0) is 35.0 Å². The number of hydrogen-bond acceptors (Lipinski definition) is 2. The van der Waals surface area contributed by atoms with Crippen molar-refractivity contribution in [3.8, 4) is 17.9 Å². The molecule has 0 atom stereocenters. The molecule has 0 saturated heterocycles. The van der Waals surface area contributed by atoms with Gasteiger partial charge in [0.05, 0.1) is 12.5 Å². The van der Waals surface area contributed by atoms with Gasteiger partial charge in [0.1, 0.15) is 0 Å². The molecule has 16 heavy (non-hydrogen) atoms. The molecule has 0 fully saturated rings. The van der Waals surface area contributed by atoms with Gasteiger partial charge in [-0.15, -0.1) is 0 Å². The van der Waals surface area contributed by atoms with Gasteiger partial charge in [0.25, 0.3) is 0 Å². The van der Waals surface area contributed by atoms with E-state index in [0.29, 0.717) is 0 Å². The summed E-state index contributed by atoms with van der Waals surface area (Å²) in [5.74, 6) is 5.74. The minimum absolute atomic E-state index is 0.264. The predicted molar refractivity (Wildman–Crippen MR) is 65.5 cm³/mol. The molecule has 0 aliphatic carbocycles. The Morgan fingerprint density at radius 3 is 2.62 bits per heavy atom. The second-order valence-corrected chi connectivity index (χ2v) is 3.46. The van der Waals surface area contributed by atoms with Gasteiger partial charge < -0.3 is 5.73 Å². The Balaban J connectivity index is 2.43. The first-order chi connectivity index (χ1) is 7.79. The van der Waals surface area contributed by atoms with Crippen LogP contribution in [0.25, 0.3) is 10.8 Å². The van der Waals surface area contributed by atoms with E-state index in [0.717, 1.165) is 22.0 Å². The zero-order valence-corrected chi connectivity index (χ0v) is 8.70. The number of anilines is 1. The quantitative estimate of drug-likeness (QED) is 0.532. The van der Waals surface area contributed by atoms with Gasteiger partial charge in [0, 0.05) is 11.3 Å². The van der Waals surface area contributed by atoms with Crippen LogP contribution < -0.4 is 5.73 Å². The highest BCUT2D eigenvalue weighted by Crippen LogP contribution is 2.18. The highest BCUT2D eigenvalue weighted by molar-refractivity contribution is 5.86. The van der Waals surface area contributed by atoms with Crippen molar-refractivity contribution in [1.29, 1.82) is 5.26 Å². The van der Waals surface area contributed by atoms with Crippen LogP contribution in [0.5, 0.6) is 0 Å². The minimum Gasteiger partial charge on any atom is -0.399 e. The fourth-order valence-corrected chi connectivity index (χ4v) is 1.53. The Hall–Kier alpha value is -2.45. The maximum atomic E-state index is 8.38. The average Bonchev–Trinajstić information content (AvgIpc) is 2.29. The van der Waals surface area contributed by atoms with E-state index >= 15 is 0 Å². The van der Waals surface area contributed by atoms with Gasteiger partial charge in [0.2, 0.25) is 0 Å². The molecule has 0 radical (unpaired) electrons. The summed E-state index contributed by atoms with van der Waals surface area (Å²) in [7, 11) is 0. The lowest BCUT2D eigenvalue weighted by Crippen LogP contribution is -1.84. The molecule has 0 spiro atoms. The Labute approximate surface area is 94.3 Å². The third-order valence-corrected chi connectivity index (χ3v) is 2.26. The molecule has 76 valence electrons. The first-order valence-electron chi connectivity index (χ1n) is 4.95. The lowest BCUT2D eigenvalue weighted by molar-refractivity contribution is 1.40. The zero-order valence-electron chi connectivity index (χ0n) is 8.70. The molecule has 2 aromatic carbocycles. The van der Waals surface area contributed by atoms with Crippen molar-refractivity contribution in [2.75, 3.05) is 5.73 Å². The summed E-state index contributed by atoms with van der Waals surface area (Å²) >= 11 is 0. The Bertz CT molecular complexity index is 624. The van der Waals surface area contributed by atoms with E-state index in [2.05, 4.69) is 11.8 Å². The fraction of sp³-hybridized carbons (Fsp3) is 0.0714. The van der Waals surface area contributed by atoms with E-state index in [4.69, 9.17) is 11.0 Å². The van der Waals surface area contributed by atoms with Crippen LogP contribution in [0, 0.1) is 23.2 Å². The van der Waals surface area contributed by atoms with Crippen LogP contribution in [0.15, 0.2) is 36.4 Å². The molecule has 0 heterocycles. The summed E-state index contributed by atoms with van der Waals surface area (Å²) in [6.07, 6.45) is 0.264. The average molecular weight is 206 g/mol. The van der Waals surface area contributed by atoms with Crippen molar-refractivity contribution in [2.45, 2.75) is 6.42 Å². The van der Waals surface area contributed by atoms with Crippen LogP contribution in [-0.4, -0.2) is 0 Å². The standard InChI is InChI=1S/C14H10N2/c15-8-2-1-3-11-4-5-13-10-14(16)7-6-12(13)9-11/h4-7,9-10H,2,16H2. The molecule has 2 heteroatoms. The van der Waals surface area contributed by atoms with E-state index in [1.165, 1.54) is 0 Å². The third-order valence-electron chi connectivity index (χ3n) is 2.26. The lowest BCUT2D eigenvalue weighted by Gasteiger charge is -1.99. The molecule has 0 aliphatic rings. The van der Waals surface area contributed by atoms with Crippen LogP contribution in [-0.2, 0) is 0 Å². The Kier molecular flexibility index (Phi) is 2.76. The Morgan fingerprint density at radius 1 is 1.06 bits per heavy atom. The molecule has 0 aromatic heterocycles. The summed E-state index contributed by atoms with van der Waals surface area (Å²) < 4.78 is 0. The molecule has 0 aliphatic heterocycles. The van der Waals surface area contributed by atoms with E-state index in [-0.39, 0.29) is 6.42 Å². The summed E-state index contributed by atoms with van der Waals surface area (Å²) in [4.78, 5) is 0. The smallest absolute Gasteiger partial charge is 0.0966 e. The summed E-state index contributed by atoms with van der Waals surface area (Å²) in [6, 6.07) is 13.7. The highest BCUT2D eigenvalue weighted by Gasteiger charge is 1.94. The first-order valence-corrected chi connectivity index (χ1v) is 4.95. The maximum Gasteiger partial charge on any atom is 0.0966 e. The summed E-state index contributed by atoms with van der Waals surface area (Å²) in [5, 5.41) is 10.6. The molecule has 2 rings (SSSR count). The van der Waals surface area contributed by atoms with E-state index in [9.17, 15) is 0 Å². The van der Waals surface area contributed by atoms with Gasteiger partial charge in [-0.3, -0.25) is 0 Å². The molecule has 0 saturated carbocycles. The van der Waals surface area contributed by atoms with Crippen molar-refractivity contribution in [3.63, 3.8) is 0 Å². The van der Waals surface area contributed by atoms with E-state index in [1.807, 2.05) is 42.5 Å². The van der Waals surface area contributed by atoms with E-state index in [1.54, 1.807) is 0 Å². The van der Waals surface area contributed by atoms with Gasteiger partial charge in [-0.1, -0.05) is 24.0 Å². The molecule has 0 amide bonds. The highest BCUT2D eigenvalue weighted by atomic mass is 14.5. The number of hydrogen-bond donors (Lipinski definition) is 1. The lowest BCUT2D eigenvalue weighted by atomic mass is 10.1. The molecule has 2 N–H and O–H groups in total. The largest absolute Gasteiger partial charge is 0.399 e. The number of nitrogens with two attached hydrogens (primary N) is 1. The van der Waals surface area contributed by atoms with Crippen molar-refractivity contribution >= 4 is 16.5 Å². The first kappa shape index (κ1) is 10.1. The zero-order chi connectivity index (χ0) is 11.4. The van der Waals surface area contributed by atoms with Crippen LogP contribution in [0.4, 0.5) is 5.69 Å². The van der Waals surface area contributed by atoms with Gasteiger partial charge >= 0.3 is 0 Å². The molecular formula is C14H10N2. The molecule has 2 nitrogen and oxygen atoms in total. The van der Waals surface area contributed by atoms with Crippen molar-refractivity contribution in [2.24, 2.45) is 0 Å². The minimum atomic E-state index is 0.264. The number of nitrogen functional groups attached to an aromatic ring is 1. The maximum absolute atomic E-state index is 8.38. The van der Waals surface area contributed by atoms with Gasteiger partial charge in [-0.2, -0.15) is 5.26 Å². The molecule has 2 aromatic rings. The third kappa shape index (κ3) is 2.13. The van der Waals surface area contributed by atoms with Crippen molar-refractivity contribution in [1.82, 2.24) is 0 Å². The van der Waals surface area contributed by atoms with Crippen LogP contribution in [0.3, 0.4) is 0 Å². The van der Waals surface area contributed by atoms with E-state index < -0.39 is 0 Å². The van der Waals surface area contributed by atoms with Crippen LogP contribution >= 0.6 is 0 Å². The number of nitrogens with zero attached hydrogens (tertiary/aromatic N) is 1. The second-order valence-electron chi connectivity index (χ2n) is 3.46. The summed E-state index contributed by atoms with van der Waals surface area (Å²) in [6.45, 7) is 0. The van der Waals surface area contributed by atoms with Crippen molar-refractivity contribution in [3.05, 3.63) is 42.0 Å².